The third kappa shape index (κ3) is 5.47. The predicted molar refractivity (Wildman–Crippen MR) is 130 cm³/mol. The number of hydrogen-bond donors (Lipinski definition) is 2. The molecule has 0 aliphatic rings. The number of nitrogen functional groups attached to an aromatic ring is 1. The first-order valence-electron chi connectivity index (χ1n) is 10.3. The van der Waals surface area contributed by atoms with Crippen molar-refractivity contribution < 1.29 is 9.59 Å². The summed E-state index contributed by atoms with van der Waals surface area (Å²) in [5.41, 5.74) is 10.7. The summed E-state index contributed by atoms with van der Waals surface area (Å²) in [6, 6.07) is 20.7. The average molecular weight is 442 g/mol. The Bertz CT molecular complexity index is 1200. The number of rotatable bonds is 8. The van der Waals surface area contributed by atoms with E-state index in [4.69, 9.17) is 5.73 Å². The second-order valence-electron chi connectivity index (χ2n) is 7.51. The van der Waals surface area contributed by atoms with Crippen LogP contribution in [0.15, 0.2) is 84.5 Å². The summed E-state index contributed by atoms with van der Waals surface area (Å²) in [5.74, 6) is -0.0554. The SMILES string of the molecule is Nc1ccc(-c2cccs2)cc1NC(=O)c1ccc(CCC(=O)Cc2cccnc2)cc1. The number of thiophene rings is 1. The molecule has 3 N–H and O–H groups in total. The number of amides is 1. The van der Waals surface area contributed by atoms with E-state index < -0.39 is 0 Å². The van der Waals surface area contributed by atoms with Gasteiger partial charge in [0.25, 0.3) is 5.91 Å². The van der Waals surface area contributed by atoms with Crippen LogP contribution >= 0.6 is 11.3 Å². The Morgan fingerprint density at radius 3 is 2.53 bits per heavy atom. The average Bonchev–Trinajstić information content (AvgIpc) is 3.35. The minimum absolute atomic E-state index is 0.168. The lowest BCUT2D eigenvalue weighted by atomic mass is 10.0. The zero-order valence-corrected chi connectivity index (χ0v) is 18.3. The molecule has 0 fully saturated rings. The maximum Gasteiger partial charge on any atom is 0.255 e. The van der Waals surface area contributed by atoms with Crippen molar-refractivity contribution >= 4 is 34.4 Å². The molecule has 0 aliphatic heterocycles. The number of anilines is 2. The predicted octanol–water partition coefficient (Wildman–Crippen LogP) is 5.39. The van der Waals surface area contributed by atoms with Gasteiger partial charge in [-0.3, -0.25) is 14.6 Å². The molecule has 0 atom stereocenters. The summed E-state index contributed by atoms with van der Waals surface area (Å²) in [6.45, 7) is 0. The lowest BCUT2D eigenvalue weighted by Crippen LogP contribution is -2.13. The topological polar surface area (TPSA) is 85.1 Å². The van der Waals surface area contributed by atoms with Crippen molar-refractivity contribution in [2.45, 2.75) is 19.3 Å². The number of carbonyl (C=O) groups is 2. The number of pyridine rings is 1. The third-order valence-electron chi connectivity index (χ3n) is 5.14. The van der Waals surface area contributed by atoms with Gasteiger partial charge in [-0.15, -0.1) is 11.3 Å². The van der Waals surface area contributed by atoms with Gasteiger partial charge < -0.3 is 11.1 Å². The standard InChI is InChI=1S/C26H23N3O2S/c27-23-12-10-21(25-4-2-14-32-25)16-24(23)29-26(31)20-8-5-18(6-9-20)7-11-22(30)15-19-3-1-13-28-17-19/h1-6,8-10,12-14,16-17H,7,11,15,27H2,(H,29,31). The second-order valence-corrected chi connectivity index (χ2v) is 8.45. The van der Waals surface area contributed by atoms with Gasteiger partial charge in [0.1, 0.15) is 5.78 Å². The number of aryl methyl sites for hydroxylation is 1. The summed E-state index contributed by atoms with van der Waals surface area (Å²) in [4.78, 5) is 30.1. The van der Waals surface area contributed by atoms with Gasteiger partial charge in [-0.2, -0.15) is 0 Å². The molecule has 0 saturated carbocycles. The van der Waals surface area contributed by atoms with Crippen LogP contribution in [0.3, 0.4) is 0 Å². The smallest absolute Gasteiger partial charge is 0.255 e. The quantitative estimate of drug-likeness (QED) is 0.359. The van der Waals surface area contributed by atoms with Gasteiger partial charge in [0.2, 0.25) is 0 Å². The van der Waals surface area contributed by atoms with E-state index in [1.165, 1.54) is 0 Å². The van der Waals surface area contributed by atoms with Crippen molar-refractivity contribution in [3.63, 3.8) is 0 Å². The number of nitrogens with two attached hydrogens (primary N) is 1. The molecule has 0 bridgehead atoms. The van der Waals surface area contributed by atoms with Gasteiger partial charge in [-0.1, -0.05) is 30.3 Å². The van der Waals surface area contributed by atoms with E-state index in [2.05, 4.69) is 10.3 Å². The first kappa shape index (κ1) is 21.5. The summed E-state index contributed by atoms with van der Waals surface area (Å²) in [5, 5.41) is 4.92. The van der Waals surface area contributed by atoms with E-state index in [1.54, 1.807) is 41.9 Å². The van der Waals surface area contributed by atoms with Crippen molar-refractivity contribution in [1.82, 2.24) is 4.98 Å². The molecule has 2 aromatic carbocycles. The highest BCUT2D eigenvalue weighted by Crippen LogP contribution is 2.30. The molecule has 0 unspecified atom stereocenters. The molecule has 4 rings (SSSR count). The Labute approximate surface area is 191 Å². The second kappa shape index (κ2) is 10.0. The van der Waals surface area contributed by atoms with Crippen LogP contribution in [0.2, 0.25) is 0 Å². The number of carbonyl (C=O) groups excluding carboxylic acids is 2. The van der Waals surface area contributed by atoms with E-state index in [0.717, 1.165) is 21.6 Å². The van der Waals surface area contributed by atoms with Crippen molar-refractivity contribution in [2.24, 2.45) is 0 Å². The largest absolute Gasteiger partial charge is 0.397 e. The van der Waals surface area contributed by atoms with Gasteiger partial charge in [-0.25, -0.2) is 0 Å². The van der Waals surface area contributed by atoms with Gasteiger partial charge in [0, 0.05) is 35.7 Å². The molecule has 2 aromatic heterocycles. The van der Waals surface area contributed by atoms with Crippen molar-refractivity contribution in [2.75, 3.05) is 11.1 Å². The summed E-state index contributed by atoms with van der Waals surface area (Å²) >= 11 is 1.63. The van der Waals surface area contributed by atoms with Crippen LogP contribution in [0.4, 0.5) is 11.4 Å². The maximum atomic E-state index is 12.7. The fraction of sp³-hybridized carbons (Fsp3) is 0.115. The first-order valence-corrected chi connectivity index (χ1v) is 11.2. The van der Waals surface area contributed by atoms with Crippen molar-refractivity contribution in [1.29, 1.82) is 0 Å². The molecule has 5 nitrogen and oxygen atoms in total. The fourth-order valence-corrected chi connectivity index (χ4v) is 4.10. The number of nitrogens with zero attached hydrogens (tertiary/aromatic N) is 1. The molecule has 32 heavy (non-hydrogen) atoms. The Morgan fingerprint density at radius 1 is 0.969 bits per heavy atom. The van der Waals surface area contributed by atoms with Crippen LogP contribution < -0.4 is 11.1 Å². The van der Waals surface area contributed by atoms with Crippen molar-refractivity contribution in [3.8, 4) is 10.4 Å². The number of aromatic nitrogens is 1. The Hall–Kier alpha value is -3.77. The van der Waals surface area contributed by atoms with Crippen LogP contribution in [0, 0.1) is 0 Å². The van der Waals surface area contributed by atoms with Gasteiger partial charge in [0.05, 0.1) is 11.4 Å². The summed E-state index contributed by atoms with van der Waals surface area (Å²) < 4.78 is 0. The molecule has 0 spiro atoms. The highest BCUT2D eigenvalue weighted by Gasteiger charge is 2.11. The maximum absolute atomic E-state index is 12.7. The first-order chi connectivity index (χ1) is 15.6. The lowest BCUT2D eigenvalue weighted by molar-refractivity contribution is -0.118. The van der Waals surface area contributed by atoms with Gasteiger partial charge in [-0.05, 0) is 64.9 Å². The fourth-order valence-electron chi connectivity index (χ4n) is 3.38. The highest BCUT2D eigenvalue weighted by molar-refractivity contribution is 7.13. The monoisotopic (exact) mass is 441 g/mol. The molecule has 1 amide bonds. The lowest BCUT2D eigenvalue weighted by Gasteiger charge is -2.10. The molecule has 160 valence electrons. The van der Waals surface area contributed by atoms with E-state index in [0.29, 0.717) is 36.2 Å². The zero-order valence-electron chi connectivity index (χ0n) is 17.5. The molecule has 0 aliphatic carbocycles. The zero-order chi connectivity index (χ0) is 22.3. The van der Waals surface area contributed by atoms with E-state index >= 15 is 0 Å². The van der Waals surface area contributed by atoms with Gasteiger partial charge >= 0.3 is 0 Å². The molecule has 2 heterocycles. The van der Waals surface area contributed by atoms with Crippen LogP contribution in [0.1, 0.15) is 27.9 Å². The highest BCUT2D eigenvalue weighted by atomic mass is 32.1. The molecular formula is C26H23N3O2S. The van der Waals surface area contributed by atoms with Gasteiger partial charge in [0.15, 0.2) is 0 Å². The molecule has 0 radical (unpaired) electrons. The number of Topliss-reactive ketones (excluding diaryl/α,β-unsaturated/α-hetero) is 1. The number of nitrogens with one attached hydrogen (secondary N) is 1. The number of benzene rings is 2. The van der Waals surface area contributed by atoms with Crippen LogP contribution in [0.5, 0.6) is 0 Å². The molecular weight excluding hydrogens is 418 g/mol. The number of hydrogen-bond acceptors (Lipinski definition) is 5. The summed E-state index contributed by atoms with van der Waals surface area (Å²) in [6.07, 6.45) is 4.89. The van der Waals surface area contributed by atoms with E-state index in [-0.39, 0.29) is 11.7 Å². The van der Waals surface area contributed by atoms with Crippen LogP contribution in [-0.4, -0.2) is 16.7 Å². The molecule has 0 saturated heterocycles. The molecule has 4 aromatic rings. The van der Waals surface area contributed by atoms with E-state index in [1.807, 2.05) is 53.9 Å². The minimum atomic E-state index is -0.223. The van der Waals surface area contributed by atoms with E-state index in [9.17, 15) is 9.59 Å². The normalized spacial score (nSPS) is 10.6. The van der Waals surface area contributed by atoms with Crippen LogP contribution in [0.25, 0.3) is 10.4 Å². The summed E-state index contributed by atoms with van der Waals surface area (Å²) in [7, 11) is 0. The van der Waals surface area contributed by atoms with Crippen LogP contribution in [-0.2, 0) is 17.6 Å². The Morgan fingerprint density at radius 2 is 1.81 bits per heavy atom. The number of ketones is 1. The Kier molecular flexibility index (Phi) is 6.72. The third-order valence-corrected chi connectivity index (χ3v) is 6.06. The minimum Gasteiger partial charge on any atom is -0.397 e. The Balaban J connectivity index is 1.35. The van der Waals surface area contributed by atoms with Crippen molar-refractivity contribution in [3.05, 3.63) is 101 Å². The molecule has 6 heteroatoms.